The number of carbonyl (C=O) groups is 1. The Morgan fingerprint density at radius 3 is 2.70 bits per heavy atom. The van der Waals surface area contributed by atoms with Crippen molar-refractivity contribution in [3.8, 4) is 0 Å². The van der Waals surface area contributed by atoms with E-state index in [2.05, 4.69) is 23.8 Å². The molecule has 0 radical (unpaired) electrons. The summed E-state index contributed by atoms with van der Waals surface area (Å²) in [5.41, 5.74) is 2.76. The van der Waals surface area contributed by atoms with Gasteiger partial charge in [-0.25, -0.2) is 9.97 Å². The van der Waals surface area contributed by atoms with Crippen molar-refractivity contribution in [3.05, 3.63) is 47.4 Å². The summed E-state index contributed by atoms with van der Waals surface area (Å²) in [6, 6.07) is 8.08. The van der Waals surface area contributed by atoms with Crippen LogP contribution in [0.3, 0.4) is 0 Å². The Morgan fingerprint density at radius 1 is 1.26 bits per heavy atom. The molecular formula is C21H26N4O2. The largest absolute Gasteiger partial charge is 0.435 e. The fourth-order valence-corrected chi connectivity index (χ4v) is 3.75. The van der Waals surface area contributed by atoms with E-state index in [0.717, 1.165) is 36.1 Å². The maximum absolute atomic E-state index is 12.9. The first kappa shape index (κ1) is 17.8. The highest BCUT2D eigenvalue weighted by atomic mass is 16.4. The summed E-state index contributed by atoms with van der Waals surface area (Å²) in [6.45, 7) is 7.50. The lowest BCUT2D eigenvalue weighted by Gasteiger charge is -2.30. The Hall–Kier alpha value is -2.63. The molecule has 1 aromatic carbocycles. The van der Waals surface area contributed by atoms with Gasteiger partial charge in [-0.15, -0.1) is 0 Å². The molecule has 4 rings (SSSR count). The van der Waals surface area contributed by atoms with Gasteiger partial charge in [0.1, 0.15) is 5.82 Å². The van der Waals surface area contributed by atoms with E-state index in [4.69, 9.17) is 9.40 Å². The Labute approximate surface area is 159 Å². The molecule has 6 heteroatoms. The Kier molecular flexibility index (Phi) is 4.72. The fraction of sp³-hybridized carbons (Fsp3) is 0.476. The number of carbonyl (C=O) groups excluding carboxylic acids is 1. The molecule has 1 aliphatic heterocycles. The first-order valence-electron chi connectivity index (χ1n) is 9.71. The van der Waals surface area contributed by atoms with Crippen LogP contribution in [0.4, 0.5) is 0 Å². The molecule has 142 valence electrons. The van der Waals surface area contributed by atoms with Crippen molar-refractivity contribution in [3.63, 3.8) is 0 Å². The number of likely N-dealkylation sites (tertiary alicyclic amines) is 1. The van der Waals surface area contributed by atoms with Crippen LogP contribution >= 0.6 is 0 Å². The van der Waals surface area contributed by atoms with Crippen LogP contribution in [0.25, 0.3) is 11.0 Å². The van der Waals surface area contributed by atoms with Gasteiger partial charge in [-0.05, 0) is 37.8 Å². The van der Waals surface area contributed by atoms with Crippen LogP contribution in [-0.2, 0) is 6.42 Å². The van der Waals surface area contributed by atoms with Gasteiger partial charge in [-0.2, -0.15) is 0 Å². The smallest absolute Gasteiger partial charge is 0.291 e. The van der Waals surface area contributed by atoms with Gasteiger partial charge in [0, 0.05) is 25.4 Å². The first-order chi connectivity index (χ1) is 13.0. The minimum absolute atomic E-state index is 0.0435. The summed E-state index contributed by atoms with van der Waals surface area (Å²) < 4.78 is 5.77. The standard InChI is InChI=1S/C21H26N4O2/c1-13(2)12-18-22-14(3)19(27-18)21(26)25-10-8-15(9-11-25)20-23-16-6-4-5-7-17(16)24-20/h4-7,13,15H,8-12H2,1-3H3,(H,23,24). The number of H-pyrrole nitrogens is 1. The van der Waals surface area contributed by atoms with Crippen molar-refractivity contribution < 1.29 is 9.21 Å². The second-order valence-electron chi connectivity index (χ2n) is 7.83. The van der Waals surface area contributed by atoms with Gasteiger partial charge in [0.25, 0.3) is 5.91 Å². The van der Waals surface area contributed by atoms with E-state index < -0.39 is 0 Å². The quantitative estimate of drug-likeness (QED) is 0.755. The number of hydrogen-bond donors (Lipinski definition) is 1. The van der Waals surface area contributed by atoms with Gasteiger partial charge in [-0.1, -0.05) is 26.0 Å². The molecule has 2 aromatic heterocycles. The molecule has 1 N–H and O–H groups in total. The molecule has 1 amide bonds. The number of aromatic nitrogens is 3. The van der Waals surface area contributed by atoms with Crippen LogP contribution in [0.1, 0.15) is 60.6 Å². The second kappa shape index (κ2) is 7.18. The number of nitrogens with zero attached hydrogens (tertiary/aromatic N) is 3. The summed E-state index contributed by atoms with van der Waals surface area (Å²) in [5.74, 6) is 2.84. The van der Waals surface area contributed by atoms with Crippen LogP contribution in [0.2, 0.25) is 0 Å². The zero-order valence-electron chi connectivity index (χ0n) is 16.2. The molecule has 1 fully saturated rings. The van der Waals surface area contributed by atoms with Crippen molar-refractivity contribution in [1.82, 2.24) is 19.9 Å². The Balaban J connectivity index is 1.43. The predicted molar refractivity (Wildman–Crippen MR) is 104 cm³/mol. The number of rotatable bonds is 4. The van der Waals surface area contributed by atoms with Crippen molar-refractivity contribution in [2.75, 3.05) is 13.1 Å². The average Bonchev–Trinajstić information content (AvgIpc) is 3.24. The lowest BCUT2D eigenvalue weighted by Crippen LogP contribution is -2.38. The monoisotopic (exact) mass is 366 g/mol. The third-order valence-electron chi connectivity index (χ3n) is 5.19. The third kappa shape index (κ3) is 3.61. The number of hydrogen-bond acceptors (Lipinski definition) is 4. The number of amides is 1. The Morgan fingerprint density at radius 2 is 2.00 bits per heavy atom. The maximum Gasteiger partial charge on any atom is 0.291 e. The molecule has 0 atom stereocenters. The van der Waals surface area contributed by atoms with Crippen molar-refractivity contribution >= 4 is 16.9 Å². The average molecular weight is 366 g/mol. The van der Waals surface area contributed by atoms with Crippen LogP contribution in [0.15, 0.2) is 28.7 Å². The molecule has 3 aromatic rings. The van der Waals surface area contributed by atoms with Crippen molar-refractivity contribution in [1.29, 1.82) is 0 Å². The molecule has 0 aliphatic carbocycles. The molecule has 0 bridgehead atoms. The van der Waals surface area contributed by atoms with Gasteiger partial charge in [0.2, 0.25) is 5.76 Å². The van der Waals surface area contributed by atoms with E-state index in [-0.39, 0.29) is 5.91 Å². The van der Waals surface area contributed by atoms with Crippen LogP contribution in [0.5, 0.6) is 0 Å². The van der Waals surface area contributed by atoms with Gasteiger partial charge < -0.3 is 14.3 Å². The zero-order chi connectivity index (χ0) is 19.0. The summed E-state index contributed by atoms with van der Waals surface area (Å²) in [4.78, 5) is 27.3. The zero-order valence-corrected chi connectivity index (χ0v) is 16.2. The second-order valence-corrected chi connectivity index (χ2v) is 7.83. The van der Waals surface area contributed by atoms with Crippen molar-refractivity contribution in [2.24, 2.45) is 5.92 Å². The third-order valence-corrected chi connectivity index (χ3v) is 5.19. The number of fused-ring (bicyclic) bond motifs is 1. The minimum Gasteiger partial charge on any atom is -0.435 e. The predicted octanol–water partition coefficient (Wildman–Crippen LogP) is 4.08. The molecule has 0 unspecified atom stereocenters. The number of nitrogens with one attached hydrogen (secondary N) is 1. The van der Waals surface area contributed by atoms with Gasteiger partial charge in [0.05, 0.1) is 16.7 Å². The molecular weight excluding hydrogens is 340 g/mol. The summed E-state index contributed by atoms with van der Waals surface area (Å²) in [5, 5.41) is 0. The number of aromatic amines is 1. The molecule has 3 heterocycles. The highest BCUT2D eigenvalue weighted by Crippen LogP contribution is 2.29. The van der Waals surface area contributed by atoms with Gasteiger partial charge in [0.15, 0.2) is 5.89 Å². The number of imidazole rings is 1. The van der Waals surface area contributed by atoms with E-state index in [1.807, 2.05) is 36.1 Å². The molecule has 6 nitrogen and oxygen atoms in total. The molecule has 0 saturated carbocycles. The summed E-state index contributed by atoms with van der Waals surface area (Å²) >= 11 is 0. The molecule has 27 heavy (non-hydrogen) atoms. The van der Waals surface area contributed by atoms with Crippen LogP contribution in [0, 0.1) is 12.8 Å². The number of piperidine rings is 1. The number of aryl methyl sites for hydroxylation is 1. The van der Waals surface area contributed by atoms with Crippen molar-refractivity contribution in [2.45, 2.75) is 46.0 Å². The number of para-hydroxylation sites is 2. The van der Waals surface area contributed by atoms with Crippen LogP contribution in [-0.4, -0.2) is 38.8 Å². The SMILES string of the molecule is Cc1nc(CC(C)C)oc1C(=O)N1CCC(c2nc3ccccc3[nH]2)CC1. The van der Waals surface area contributed by atoms with E-state index in [1.54, 1.807) is 0 Å². The topological polar surface area (TPSA) is 75.0 Å². The number of benzene rings is 1. The highest BCUT2D eigenvalue weighted by Gasteiger charge is 2.29. The van der Waals surface area contributed by atoms with Gasteiger partial charge >= 0.3 is 0 Å². The lowest BCUT2D eigenvalue weighted by atomic mass is 9.96. The van der Waals surface area contributed by atoms with E-state index in [9.17, 15) is 4.79 Å². The summed E-state index contributed by atoms with van der Waals surface area (Å²) in [6.07, 6.45) is 2.55. The van der Waals surface area contributed by atoms with E-state index in [1.165, 1.54) is 0 Å². The van der Waals surface area contributed by atoms with Gasteiger partial charge in [-0.3, -0.25) is 4.79 Å². The maximum atomic E-state index is 12.9. The van der Waals surface area contributed by atoms with E-state index in [0.29, 0.717) is 42.3 Å². The molecule has 1 saturated heterocycles. The summed E-state index contributed by atoms with van der Waals surface area (Å²) in [7, 11) is 0. The Bertz CT molecular complexity index is 915. The normalized spacial score (nSPS) is 15.8. The van der Waals surface area contributed by atoms with Crippen LogP contribution < -0.4 is 0 Å². The molecule has 1 aliphatic rings. The lowest BCUT2D eigenvalue weighted by molar-refractivity contribution is 0.0676. The van der Waals surface area contributed by atoms with E-state index >= 15 is 0 Å². The fourth-order valence-electron chi connectivity index (χ4n) is 3.75. The molecule has 0 spiro atoms. The number of oxazole rings is 1. The highest BCUT2D eigenvalue weighted by molar-refractivity contribution is 5.92. The first-order valence-corrected chi connectivity index (χ1v) is 9.71. The minimum atomic E-state index is -0.0435.